The molecule has 0 radical (unpaired) electrons. The fourth-order valence-electron chi connectivity index (χ4n) is 2.19. The van der Waals surface area contributed by atoms with Crippen molar-refractivity contribution in [1.82, 2.24) is 10.3 Å². The molecule has 2 N–H and O–H groups in total. The number of hydrogen-bond donors (Lipinski definition) is 2. The Labute approximate surface area is 104 Å². The van der Waals surface area contributed by atoms with Crippen molar-refractivity contribution in [3.8, 4) is 0 Å². The molecule has 1 heterocycles. The van der Waals surface area contributed by atoms with Gasteiger partial charge in [0.2, 0.25) is 0 Å². The van der Waals surface area contributed by atoms with E-state index in [0.717, 1.165) is 17.1 Å². The van der Waals surface area contributed by atoms with Crippen molar-refractivity contribution < 1.29 is 0 Å². The van der Waals surface area contributed by atoms with Crippen LogP contribution in [-0.2, 0) is 6.54 Å². The molecule has 0 bridgehead atoms. The number of para-hydroxylation sites is 1. The first-order valence-electron chi connectivity index (χ1n) is 5.82. The summed E-state index contributed by atoms with van der Waals surface area (Å²) in [6.45, 7) is 0.973. The van der Waals surface area contributed by atoms with Crippen LogP contribution in [0.2, 0.25) is 0 Å². The fourth-order valence-corrected chi connectivity index (χ4v) is 2.67. The minimum absolute atomic E-state index is 0.747. The zero-order valence-corrected chi connectivity index (χ0v) is 10.7. The maximum absolute atomic E-state index is 3.60. The van der Waals surface area contributed by atoms with Gasteiger partial charge in [-0.3, -0.25) is 0 Å². The lowest BCUT2D eigenvalue weighted by atomic mass is 9.93. The lowest BCUT2D eigenvalue weighted by molar-refractivity contribution is 0.338. The molecular formula is C13H15BrN2. The number of halogens is 1. The van der Waals surface area contributed by atoms with Gasteiger partial charge in [-0.05, 0) is 40.4 Å². The van der Waals surface area contributed by atoms with Crippen LogP contribution in [-0.4, -0.2) is 11.0 Å². The largest absolute Gasteiger partial charge is 0.360 e. The Morgan fingerprint density at radius 2 is 2.25 bits per heavy atom. The van der Waals surface area contributed by atoms with E-state index in [2.05, 4.69) is 50.6 Å². The molecule has 2 nitrogen and oxygen atoms in total. The van der Waals surface area contributed by atoms with Crippen LogP contribution in [0.25, 0.3) is 10.9 Å². The second-order valence-electron chi connectivity index (χ2n) is 4.49. The van der Waals surface area contributed by atoms with Gasteiger partial charge in [-0.15, -0.1) is 0 Å². The summed E-state index contributed by atoms with van der Waals surface area (Å²) < 4.78 is 1.14. The van der Waals surface area contributed by atoms with Gasteiger partial charge in [0, 0.05) is 28.6 Å². The van der Waals surface area contributed by atoms with Crippen LogP contribution in [0.1, 0.15) is 24.8 Å². The summed E-state index contributed by atoms with van der Waals surface area (Å²) in [5, 5.41) is 4.92. The number of aromatic amines is 1. The van der Waals surface area contributed by atoms with Crippen LogP contribution in [0.3, 0.4) is 0 Å². The van der Waals surface area contributed by atoms with Crippen LogP contribution >= 0.6 is 15.9 Å². The van der Waals surface area contributed by atoms with Gasteiger partial charge in [0.25, 0.3) is 0 Å². The lowest BCUT2D eigenvalue weighted by Crippen LogP contribution is -2.34. The number of fused-ring (bicyclic) bond motifs is 1. The summed E-state index contributed by atoms with van der Waals surface area (Å²) in [5.41, 5.74) is 2.57. The molecule has 3 heteroatoms. The molecule has 0 saturated heterocycles. The van der Waals surface area contributed by atoms with E-state index in [1.54, 1.807) is 0 Å². The van der Waals surface area contributed by atoms with Crippen LogP contribution in [0.4, 0.5) is 0 Å². The van der Waals surface area contributed by atoms with E-state index in [9.17, 15) is 0 Å². The summed E-state index contributed by atoms with van der Waals surface area (Å²) in [7, 11) is 0. The minimum atomic E-state index is 0.747. The molecule has 0 spiro atoms. The van der Waals surface area contributed by atoms with E-state index in [1.807, 2.05) is 0 Å². The van der Waals surface area contributed by atoms with Crippen molar-refractivity contribution in [3.63, 3.8) is 0 Å². The van der Waals surface area contributed by atoms with Crippen LogP contribution < -0.4 is 5.32 Å². The Hall–Kier alpha value is -0.800. The Morgan fingerprint density at radius 3 is 3.00 bits per heavy atom. The molecule has 1 fully saturated rings. The Morgan fingerprint density at radius 1 is 1.38 bits per heavy atom. The highest BCUT2D eigenvalue weighted by Gasteiger charge is 2.16. The molecule has 0 amide bonds. The molecule has 84 valence electrons. The van der Waals surface area contributed by atoms with Crippen molar-refractivity contribution in [2.24, 2.45) is 0 Å². The highest BCUT2D eigenvalue weighted by atomic mass is 79.9. The van der Waals surface area contributed by atoms with Crippen LogP contribution in [0.5, 0.6) is 0 Å². The molecule has 0 atom stereocenters. The van der Waals surface area contributed by atoms with Crippen molar-refractivity contribution in [1.29, 1.82) is 0 Å². The third kappa shape index (κ3) is 1.78. The number of nitrogens with one attached hydrogen (secondary N) is 2. The van der Waals surface area contributed by atoms with Gasteiger partial charge < -0.3 is 10.3 Å². The third-order valence-electron chi connectivity index (χ3n) is 3.44. The molecule has 1 aromatic carbocycles. The molecule has 1 aliphatic rings. The summed E-state index contributed by atoms with van der Waals surface area (Å²) in [6.07, 6.45) is 6.18. The maximum Gasteiger partial charge on any atom is 0.0601 e. The summed E-state index contributed by atoms with van der Waals surface area (Å²) in [6, 6.07) is 7.08. The molecular weight excluding hydrogens is 264 g/mol. The first-order chi connectivity index (χ1) is 7.84. The zero-order valence-electron chi connectivity index (χ0n) is 9.09. The highest BCUT2D eigenvalue weighted by molar-refractivity contribution is 9.10. The summed E-state index contributed by atoms with van der Waals surface area (Å²) >= 11 is 3.56. The Bertz CT molecular complexity index is 500. The van der Waals surface area contributed by atoms with E-state index in [-0.39, 0.29) is 0 Å². The molecule has 0 unspecified atom stereocenters. The third-order valence-corrected chi connectivity index (χ3v) is 4.10. The van der Waals surface area contributed by atoms with Gasteiger partial charge in [-0.25, -0.2) is 0 Å². The average Bonchev–Trinajstić information content (AvgIpc) is 2.61. The summed E-state index contributed by atoms with van der Waals surface area (Å²) in [5.74, 6) is 0. The SMILES string of the molecule is Brc1cccc2c(CNC3CCC3)c[nH]c12. The predicted octanol–water partition coefficient (Wildman–Crippen LogP) is 3.57. The molecule has 3 rings (SSSR count). The number of aromatic nitrogens is 1. The van der Waals surface area contributed by atoms with Gasteiger partial charge in [-0.1, -0.05) is 18.6 Å². The van der Waals surface area contributed by atoms with Gasteiger partial charge in [-0.2, -0.15) is 0 Å². The second kappa shape index (κ2) is 4.22. The van der Waals surface area contributed by atoms with E-state index in [0.29, 0.717) is 0 Å². The molecule has 1 saturated carbocycles. The van der Waals surface area contributed by atoms with E-state index < -0.39 is 0 Å². The second-order valence-corrected chi connectivity index (χ2v) is 5.34. The van der Waals surface area contributed by atoms with Crippen molar-refractivity contribution in [3.05, 3.63) is 34.4 Å². The maximum atomic E-state index is 3.60. The fraction of sp³-hybridized carbons (Fsp3) is 0.385. The Kier molecular flexibility index (Phi) is 2.74. The van der Waals surface area contributed by atoms with Crippen LogP contribution in [0.15, 0.2) is 28.9 Å². The number of H-pyrrole nitrogens is 1. The van der Waals surface area contributed by atoms with E-state index >= 15 is 0 Å². The van der Waals surface area contributed by atoms with E-state index in [1.165, 1.54) is 35.7 Å². The first kappa shape index (κ1) is 10.4. The van der Waals surface area contributed by atoms with Crippen molar-refractivity contribution in [2.45, 2.75) is 31.8 Å². The topological polar surface area (TPSA) is 27.8 Å². The quantitative estimate of drug-likeness (QED) is 0.883. The zero-order chi connectivity index (χ0) is 11.0. The smallest absolute Gasteiger partial charge is 0.0601 e. The van der Waals surface area contributed by atoms with Gasteiger partial charge in [0.1, 0.15) is 0 Å². The standard InChI is InChI=1S/C13H15BrN2/c14-12-6-2-5-11-9(8-16-13(11)12)7-15-10-3-1-4-10/h2,5-6,8,10,15-16H,1,3-4,7H2. The van der Waals surface area contributed by atoms with E-state index in [4.69, 9.17) is 0 Å². The van der Waals surface area contributed by atoms with Crippen LogP contribution in [0, 0.1) is 0 Å². The number of hydrogen-bond acceptors (Lipinski definition) is 1. The Balaban J connectivity index is 1.83. The van der Waals surface area contributed by atoms with Gasteiger partial charge in [0.05, 0.1) is 5.52 Å². The molecule has 2 aromatic rings. The molecule has 1 aliphatic carbocycles. The normalized spacial score (nSPS) is 16.6. The molecule has 16 heavy (non-hydrogen) atoms. The van der Waals surface area contributed by atoms with Crippen molar-refractivity contribution >= 4 is 26.8 Å². The van der Waals surface area contributed by atoms with Crippen molar-refractivity contribution in [2.75, 3.05) is 0 Å². The summed E-state index contributed by atoms with van der Waals surface area (Å²) in [4.78, 5) is 3.33. The van der Waals surface area contributed by atoms with Gasteiger partial charge in [0.15, 0.2) is 0 Å². The first-order valence-corrected chi connectivity index (χ1v) is 6.62. The number of rotatable bonds is 3. The lowest BCUT2D eigenvalue weighted by Gasteiger charge is -2.26. The minimum Gasteiger partial charge on any atom is -0.360 e. The van der Waals surface area contributed by atoms with Gasteiger partial charge >= 0.3 is 0 Å². The molecule has 1 aromatic heterocycles. The highest BCUT2D eigenvalue weighted by Crippen LogP contribution is 2.26. The molecule has 0 aliphatic heterocycles. The monoisotopic (exact) mass is 278 g/mol. The number of benzene rings is 1. The average molecular weight is 279 g/mol. The predicted molar refractivity (Wildman–Crippen MR) is 70.5 cm³/mol.